The molecule has 0 saturated carbocycles. The largest absolute Gasteiger partial charge is 0.373 e. The van der Waals surface area contributed by atoms with Crippen LogP contribution in [0.1, 0.15) is 18.5 Å². The van der Waals surface area contributed by atoms with Crippen LogP contribution in [0.15, 0.2) is 40.9 Å². The first-order valence-electron chi connectivity index (χ1n) is 6.04. The van der Waals surface area contributed by atoms with Crippen molar-refractivity contribution in [2.75, 3.05) is 5.32 Å². The lowest BCUT2D eigenvalue weighted by Crippen LogP contribution is -2.09. The van der Waals surface area contributed by atoms with Gasteiger partial charge in [0.25, 0.3) is 5.69 Å². The third-order valence-corrected chi connectivity index (χ3v) is 3.93. The van der Waals surface area contributed by atoms with E-state index in [-0.39, 0.29) is 21.9 Å². The van der Waals surface area contributed by atoms with Gasteiger partial charge in [0, 0.05) is 17.2 Å². The highest BCUT2D eigenvalue weighted by Crippen LogP contribution is 2.34. The monoisotopic (exact) mass is 372 g/mol. The van der Waals surface area contributed by atoms with Crippen LogP contribution >= 0.6 is 27.5 Å². The molecule has 1 atom stereocenters. The average Bonchev–Trinajstić information content (AvgIpc) is 2.42. The molecule has 7 heteroatoms. The van der Waals surface area contributed by atoms with Crippen molar-refractivity contribution < 1.29 is 9.31 Å². The highest BCUT2D eigenvalue weighted by molar-refractivity contribution is 9.10. The van der Waals surface area contributed by atoms with E-state index in [2.05, 4.69) is 21.2 Å². The molecule has 2 aromatic carbocycles. The number of nitro benzene ring substituents is 1. The number of halogens is 3. The Bertz CT molecular complexity index is 697. The summed E-state index contributed by atoms with van der Waals surface area (Å²) < 4.78 is 13.7. The lowest BCUT2D eigenvalue weighted by Gasteiger charge is -2.17. The number of hydrogen-bond donors (Lipinski definition) is 1. The van der Waals surface area contributed by atoms with Crippen molar-refractivity contribution in [3.05, 3.63) is 67.4 Å². The van der Waals surface area contributed by atoms with Gasteiger partial charge in [-0.15, -0.1) is 0 Å². The first kappa shape index (κ1) is 15.7. The Labute approximate surface area is 134 Å². The van der Waals surface area contributed by atoms with Crippen LogP contribution in [0.3, 0.4) is 0 Å². The Hall–Kier alpha value is -1.66. The van der Waals surface area contributed by atoms with E-state index < -0.39 is 10.7 Å². The number of nitrogens with zero attached hydrogens (tertiary/aromatic N) is 1. The van der Waals surface area contributed by atoms with E-state index >= 15 is 0 Å². The van der Waals surface area contributed by atoms with Gasteiger partial charge in [-0.05, 0) is 34.5 Å². The molecule has 1 unspecified atom stereocenters. The second-order valence-corrected chi connectivity index (χ2v) is 5.69. The van der Waals surface area contributed by atoms with E-state index in [1.165, 1.54) is 0 Å². The summed E-state index contributed by atoms with van der Waals surface area (Å²) in [7, 11) is 0. The van der Waals surface area contributed by atoms with Crippen LogP contribution in [0.5, 0.6) is 0 Å². The van der Waals surface area contributed by atoms with Gasteiger partial charge in [0.1, 0.15) is 11.5 Å². The fourth-order valence-electron chi connectivity index (χ4n) is 1.94. The number of anilines is 1. The van der Waals surface area contributed by atoms with Crippen LogP contribution in [0.2, 0.25) is 5.02 Å². The number of rotatable bonds is 4. The summed E-state index contributed by atoms with van der Waals surface area (Å²) in [5.74, 6) is -0.575. The van der Waals surface area contributed by atoms with Crippen molar-refractivity contribution in [2.24, 2.45) is 0 Å². The van der Waals surface area contributed by atoms with E-state index in [4.69, 9.17) is 11.6 Å². The van der Waals surface area contributed by atoms with Gasteiger partial charge >= 0.3 is 0 Å². The summed E-state index contributed by atoms with van der Waals surface area (Å²) in [6.45, 7) is 1.80. The van der Waals surface area contributed by atoms with Gasteiger partial charge in [-0.2, -0.15) is 0 Å². The van der Waals surface area contributed by atoms with Crippen LogP contribution in [-0.4, -0.2) is 4.92 Å². The molecule has 0 heterocycles. The molecule has 1 N–H and O–H groups in total. The number of hydrogen-bond acceptors (Lipinski definition) is 3. The molecule has 21 heavy (non-hydrogen) atoms. The third kappa shape index (κ3) is 3.51. The summed E-state index contributed by atoms with van der Waals surface area (Å²) in [6.07, 6.45) is 0. The Morgan fingerprint density at radius 2 is 2.05 bits per heavy atom. The molecule has 0 aliphatic carbocycles. The quantitative estimate of drug-likeness (QED) is 0.582. The fraction of sp³-hybridized carbons (Fsp3) is 0.143. The Kier molecular flexibility index (Phi) is 4.80. The molecule has 0 radical (unpaired) electrons. The van der Waals surface area contributed by atoms with E-state index in [9.17, 15) is 14.5 Å². The molecule has 0 spiro atoms. The molecule has 0 aliphatic heterocycles. The highest BCUT2D eigenvalue weighted by atomic mass is 79.9. The lowest BCUT2D eigenvalue weighted by atomic mass is 10.1. The van der Waals surface area contributed by atoms with Crippen molar-refractivity contribution in [2.45, 2.75) is 13.0 Å². The molecule has 2 rings (SSSR count). The zero-order chi connectivity index (χ0) is 15.6. The molecule has 2 aromatic rings. The molecular formula is C14H11BrClFN2O2. The molecule has 0 amide bonds. The summed E-state index contributed by atoms with van der Waals surface area (Å²) >= 11 is 9.03. The van der Waals surface area contributed by atoms with Crippen molar-refractivity contribution in [1.82, 2.24) is 0 Å². The molecule has 0 aliphatic rings. The normalized spacial score (nSPS) is 12.0. The van der Waals surface area contributed by atoms with E-state index in [0.29, 0.717) is 5.02 Å². The molecule has 0 saturated heterocycles. The van der Waals surface area contributed by atoms with Crippen molar-refractivity contribution in [3.8, 4) is 0 Å². The summed E-state index contributed by atoms with van der Waals surface area (Å²) in [5, 5.41) is 14.5. The maximum Gasteiger partial charge on any atom is 0.293 e. The number of nitro groups is 1. The third-order valence-electron chi connectivity index (χ3n) is 2.98. The first-order valence-corrected chi connectivity index (χ1v) is 7.21. The lowest BCUT2D eigenvalue weighted by molar-refractivity contribution is -0.384. The molecular weight excluding hydrogens is 363 g/mol. The van der Waals surface area contributed by atoms with Crippen molar-refractivity contribution in [1.29, 1.82) is 0 Å². The zero-order valence-electron chi connectivity index (χ0n) is 10.9. The van der Waals surface area contributed by atoms with Crippen LogP contribution in [0.25, 0.3) is 0 Å². The van der Waals surface area contributed by atoms with Gasteiger partial charge in [0.2, 0.25) is 0 Å². The molecule has 4 nitrogen and oxygen atoms in total. The van der Waals surface area contributed by atoms with Crippen LogP contribution in [0, 0.1) is 15.9 Å². The minimum atomic E-state index is -0.575. The fourth-order valence-corrected chi connectivity index (χ4v) is 2.57. The number of nitrogens with one attached hydrogen (secondary N) is 1. The standard InChI is InChI=1S/C14H11BrClFN2O2/c1-8(9-4-2-3-5-11(9)16)18-13-7-12(17)10(15)6-14(13)19(20)21/h2-8,18H,1H3. The molecule has 0 aromatic heterocycles. The smallest absolute Gasteiger partial charge is 0.293 e. The minimum Gasteiger partial charge on any atom is -0.373 e. The Morgan fingerprint density at radius 3 is 2.67 bits per heavy atom. The van der Waals surface area contributed by atoms with Crippen molar-refractivity contribution in [3.63, 3.8) is 0 Å². The van der Waals surface area contributed by atoms with Crippen LogP contribution < -0.4 is 5.32 Å². The van der Waals surface area contributed by atoms with Gasteiger partial charge in [0.15, 0.2) is 0 Å². The van der Waals surface area contributed by atoms with Crippen molar-refractivity contribution >= 4 is 38.9 Å². The predicted octanol–water partition coefficient (Wildman–Crippen LogP) is 5.32. The second-order valence-electron chi connectivity index (χ2n) is 4.43. The summed E-state index contributed by atoms with van der Waals surface area (Å²) in [4.78, 5) is 10.5. The maximum atomic E-state index is 13.6. The van der Waals surface area contributed by atoms with Gasteiger partial charge in [-0.1, -0.05) is 29.8 Å². The minimum absolute atomic E-state index is 0.0464. The van der Waals surface area contributed by atoms with E-state index in [1.54, 1.807) is 25.1 Å². The predicted molar refractivity (Wildman–Crippen MR) is 84.2 cm³/mol. The molecule has 0 fully saturated rings. The Morgan fingerprint density at radius 1 is 1.38 bits per heavy atom. The zero-order valence-corrected chi connectivity index (χ0v) is 13.3. The van der Waals surface area contributed by atoms with Gasteiger partial charge < -0.3 is 5.32 Å². The van der Waals surface area contributed by atoms with Crippen LogP contribution in [0.4, 0.5) is 15.8 Å². The average molecular weight is 374 g/mol. The molecule has 110 valence electrons. The Balaban J connectivity index is 2.37. The van der Waals surface area contributed by atoms with Gasteiger partial charge in [0.05, 0.1) is 15.4 Å². The SMILES string of the molecule is CC(Nc1cc(F)c(Br)cc1[N+](=O)[O-])c1ccccc1Cl. The second kappa shape index (κ2) is 6.41. The highest BCUT2D eigenvalue weighted by Gasteiger charge is 2.20. The van der Waals surface area contributed by atoms with Crippen LogP contribution in [-0.2, 0) is 0 Å². The van der Waals surface area contributed by atoms with E-state index in [1.807, 2.05) is 6.07 Å². The summed E-state index contributed by atoms with van der Waals surface area (Å²) in [6, 6.07) is 9.06. The summed E-state index contributed by atoms with van der Waals surface area (Å²) in [5.41, 5.74) is 0.673. The van der Waals surface area contributed by atoms with Gasteiger partial charge in [-0.3, -0.25) is 10.1 Å². The first-order chi connectivity index (χ1) is 9.90. The van der Waals surface area contributed by atoms with E-state index in [0.717, 1.165) is 17.7 Å². The topological polar surface area (TPSA) is 55.2 Å². The number of benzene rings is 2. The van der Waals surface area contributed by atoms with Gasteiger partial charge in [-0.25, -0.2) is 4.39 Å². The maximum absolute atomic E-state index is 13.6. The molecule has 0 bridgehead atoms.